The molecule has 2 atom stereocenters. The summed E-state index contributed by atoms with van der Waals surface area (Å²) in [6.45, 7) is 5.53. The maximum absolute atomic E-state index is 8.64. The number of aromatic nitrogens is 2. The third-order valence-electron chi connectivity index (χ3n) is 2.74. The van der Waals surface area contributed by atoms with Crippen LogP contribution in [0.25, 0.3) is 0 Å². The van der Waals surface area contributed by atoms with Gasteiger partial charge in [0.15, 0.2) is 5.84 Å². The lowest BCUT2D eigenvalue weighted by atomic mass is 10.2. The SMILES string of the molecule is CC1CN(c2cncc(/C(N)=N/O)n2)CC(C)O1. The number of amidine groups is 1. The number of nitrogens with two attached hydrogens (primary N) is 1. The second kappa shape index (κ2) is 5.18. The molecule has 0 aliphatic carbocycles. The summed E-state index contributed by atoms with van der Waals surface area (Å²) in [5.41, 5.74) is 5.86. The Labute approximate surface area is 105 Å². The average molecular weight is 251 g/mol. The predicted octanol–water partition coefficient (Wildman–Crippen LogP) is 0.185. The zero-order valence-electron chi connectivity index (χ0n) is 10.4. The van der Waals surface area contributed by atoms with E-state index in [2.05, 4.69) is 20.0 Å². The fraction of sp³-hybridized carbons (Fsp3) is 0.545. The molecule has 7 heteroatoms. The standard InChI is InChI=1S/C11H17N5O2/c1-7-5-16(6-8(2)18-7)10-4-13-3-9(14-10)11(12)15-17/h3-4,7-8,17H,5-6H2,1-2H3,(H2,12,15). The van der Waals surface area contributed by atoms with Crippen molar-refractivity contribution in [2.24, 2.45) is 10.9 Å². The van der Waals surface area contributed by atoms with Gasteiger partial charge in [-0.05, 0) is 13.8 Å². The van der Waals surface area contributed by atoms with Gasteiger partial charge in [-0.3, -0.25) is 4.98 Å². The Morgan fingerprint density at radius 3 is 2.72 bits per heavy atom. The summed E-state index contributed by atoms with van der Waals surface area (Å²) < 4.78 is 5.66. The lowest BCUT2D eigenvalue weighted by Gasteiger charge is -2.35. The molecule has 2 unspecified atom stereocenters. The zero-order chi connectivity index (χ0) is 13.1. The van der Waals surface area contributed by atoms with Crippen molar-refractivity contribution in [2.75, 3.05) is 18.0 Å². The predicted molar refractivity (Wildman–Crippen MR) is 66.8 cm³/mol. The summed E-state index contributed by atoms with van der Waals surface area (Å²) in [6.07, 6.45) is 3.41. The molecule has 0 radical (unpaired) electrons. The Bertz CT molecular complexity index is 441. The Morgan fingerprint density at radius 1 is 1.44 bits per heavy atom. The van der Waals surface area contributed by atoms with Crippen LogP contribution >= 0.6 is 0 Å². The fourth-order valence-electron chi connectivity index (χ4n) is 2.05. The molecule has 2 rings (SSSR count). The quantitative estimate of drug-likeness (QED) is 0.337. The molecule has 1 fully saturated rings. The first kappa shape index (κ1) is 12.6. The Hall–Kier alpha value is -1.89. The maximum atomic E-state index is 8.64. The molecule has 2 heterocycles. The van der Waals surface area contributed by atoms with Gasteiger partial charge in [0.2, 0.25) is 0 Å². The third-order valence-corrected chi connectivity index (χ3v) is 2.74. The van der Waals surface area contributed by atoms with E-state index in [1.54, 1.807) is 6.20 Å². The van der Waals surface area contributed by atoms with Gasteiger partial charge in [0.05, 0.1) is 24.6 Å². The molecular weight excluding hydrogens is 234 g/mol. The van der Waals surface area contributed by atoms with Crippen LogP contribution in [0.1, 0.15) is 19.5 Å². The van der Waals surface area contributed by atoms with Gasteiger partial charge in [0.1, 0.15) is 11.5 Å². The van der Waals surface area contributed by atoms with Crippen LogP contribution in [0.2, 0.25) is 0 Å². The van der Waals surface area contributed by atoms with Gasteiger partial charge < -0.3 is 20.6 Å². The van der Waals surface area contributed by atoms with Crippen LogP contribution in [0.3, 0.4) is 0 Å². The van der Waals surface area contributed by atoms with Gasteiger partial charge in [-0.1, -0.05) is 5.16 Å². The molecule has 0 spiro atoms. The van der Waals surface area contributed by atoms with Crippen molar-refractivity contribution in [3.8, 4) is 0 Å². The molecule has 0 saturated carbocycles. The van der Waals surface area contributed by atoms with E-state index in [0.29, 0.717) is 11.5 Å². The normalized spacial score (nSPS) is 25.2. The number of ether oxygens (including phenoxy) is 1. The summed E-state index contributed by atoms with van der Waals surface area (Å²) in [5.74, 6) is 0.666. The monoisotopic (exact) mass is 251 g/mol. The molecule has 1 aliphatic rings. The molecule has 3 N–H and O–H groups in total. The lowest BCUT2D eigenvalue weighted by molar-refractivity contribution is -0.00548. The van der Waals surface area contributed by atoms with Crippen LogP contribution in [-0.2, 0) is 4.74 Å². The van der Waals surface area contributed by atoms with Crippen molar-refractivity contribution >= 4 is 11.7 Å². The van der Waals surface area contributed by atoms with Crippen LogP contribution < -0.4 is 10.6 Å². The zero-order valence-corrected chi connectivity index (χ0v) is 10.4. The highest BCUT2D eigenvalue weighted by atomic mass is 16.5. The van der Waals surface area contributed by atoms with E-state index < -0.39 is 0 Å². The molecular formula is C11H17N5O2. The number of rotatable bonds is 2. The van der Waals surface area contributed by atoms with E-state index >= 15 is 0 Å². The number of anilines is 1. The molecule has 7 nitrogen and oxygen atoms in total. The number of morpholine rings is 1. The van der Waals surface area contributed by atoms with Crippen LogP contribution in [0.4, 0.5) is 5.82 Å². The summed E-state index contributed by atoms with van der Waals surface area (Å²) in [7, 11) is 0. The van der Waals surface area contributed by atoms with Crippen molar-refractivity contribution in [2.45, 2.75) is 26.1 Å². The maximum Gasteiger partial charge on any atom is 0.190 e. The smallest absolute Gasteiger partial charge is 0.190 e. The number of oxime groups is 1. The minimum atomic E-state index is -0.0429. The Kier molecular flexibility index (Phi) is 3.61. The molecule has 0 aromatic carbocycles. The first-order valence-corrected chi connectivity index (χ1v) is 5.80. The molecule has 1 aromatic heterocycles. The van der Waals surface area contributed by atoms with Gasteiger partial charge in [-0.15, -0.1) is 0 Å². The van der Waals surface area contributed by atoms with E-state index in [4.69, 9.17) is 15.7 Å². The molecule has 0 bridgehead atoms. The van der Waals surface area contributed by atoms with Crippen LogP contribution in [-0.4, -0.2) is 46.3 Å². The first-order valence-electron chi connectivity index (χ1n) is 5.80. The van der Waals surface area contributed by atoms with Crippen molar-refractivity contribution in [3.05, 3.63) is 18.1 Å². The van der Waals surface area contributed by atoms with Gasteiger partial charge in [-0.2, -0.15) is 0 Å². The summed E-state index contributed by atoms with van der Waals surface area (Å²) >= 11 is 0. The molecule has 1 aromatic rings. The number of hydrogen-bond acceptors (Lipinski definition) is 6. The van der Waals surface area contributed by atoms with Crippen molar-refractivity contribution in [1.29, 1.82) is 0 Å². The Balaban J connectivity index is 2.22. The van der Waals surface area contributed by atoms with Gasteiger partial charge in [0.25, 0.3) is 0 Å². The summed E-state index contributed by atoms with van der Waals surface area (Å²) in [4.78, 5) is 10.5. The second-order valence-electron chi connectivity index (χ2n) is 4.41. The summed E-state index contributed by atoms with van der Waals surface area (Å²) in [6, 6.07) is 0. The topological polar surface area (TPSA) is 96.9 Å². The lowest BCUT2D eigenvalue weighted by Crippen LogP contribution is -2.46. The minimum Gasteiger partial charge on any atom is -0.409 e. The molecule has 98 valence electrons. The van der Waals surface area contributed by atoms with Crippen LogP contribution in [0, 0.1) is 0 Å². The highest BCUT2D eigenvalue weighted by molar-refractivity contribution is 5.95. The highest BCUT2D eigenvalue weighted by Gasteiger charge is 2.23. The average Bonchev–Trinajstić information content (AvgIpc) is 2.37. The Morgan fingerprint density at radius 2 is 2.11 bits per heavy atom. The molecule has 18 heavy (non-hydrogen) atoms. The van der Waals surface area contributed by atoms with E-state index in [0.717, 1.165) is 13.1 Å². The minimum absolute atomic E-state index is 0.0429. The van der Waals surface area contributed by atoms with Crippen LogP contribution in [0.5, 0.6) is 0 Å². The van der Waals surface area contributed by atoms with Crippen molar-refractivity contribution in [1.82, 2.24) is 9.97 Å². The summed E-state index contributed by atoms with van der Waals surface area (Å²) in [5, 5.41) is 11.6. The van der Waals surface area contributed by atoms with Gasteiger partial charge in [-0.25, -0.2) is 4.98 Å². The first-order chi connectivity index (χ1) is 8.60. The molecule has 1 aliphatic heterocycles. The number of hydrogen-bond donors (Lipinski definition) is 2. The van der Waals surface area contributed by atoms with Gasteiger partial charge >= 0.3 is 0 Å². The van der Waals surface area contributed by atoms with E-state index in [-0.39, 0.29) is 18.0 Å². The number of nitrogens with zero attached hydrogens (tertiary/aromatic N) is 4. The fourth-order valence-corrected chi connectivity index (χ4v) is 2.05. The van der Waals surface area contributed by atoms with Crippen LogP contribution in [0.15, 0.2) is 17.5 Å². The van der Waals surface area contributed by atoms with E-state index in [1.165, 1.54) is 6.20 Å². The van der Waals surface area contributed by atoms with E-state index in [9.17, 15) is 0 Å². The van der Waals surface area contributed by atoms with Gasteiger partial charge in [0, 0.05) is 13.1 Å². The van der Waals surface area contributed by atoms with Crippen molar-refractivity contribution in [3.63, 3.8) is 0 Å². The van der Waals surface area contributed by atoms with E-state index in [1.807, 2.05) is 13.8 Å². The second-order valence-corrected chi connectivity index (χ2v) is 4.41. The largest absolute Gasteiger partial charge is 0.409 e. The third kappa shape index (κ3) is 2.67. The highest BCUT2D eigenvalue weighted by Crippen LogP contribution is 2.17. The van der Waals surface area contributed by atoms with Crippen molar-refractivity contribution < 1.29 is 9.94 Å². The molecule has 1 saturated heterocycles. The molecule has 0 amide bonds.